The molecule has 0 bridgehead atoms. The van der Waals surface area contributed by atoms with Crippen molar-refractivity contribution in [2.24, 2.45) is 5.92 Å². The van der Waals surface area contributed by atoms with Gasteiger partial charge in [-0.2, -0.15) is 0 Å². The van der Waals surface area contributed by atoms with E-state index in [1.165, 1.54) is 0 Å². The number of rotatable bonds is 11. The zero-order valence-corrected chi connectivity index (χ0v) is 22.3. The van der Waals surface area contributed by atoms with Gasteiger partial charge >= 0.3 is 0 Å². The van der Waals surface area contributed by atoms with Crippen molar-refractivity contribution in [2.45, 2.75) is 59.5 Å². The van der Waals surface area contributed by atoms with Crippen molar-refractivity contribution >= 4 is 34.2 Å². The van der Waals surface area contributed by atoms with Crippen LogP contribution in [-0.4, -0.2) is 41.8 Å². The van der Waals surface area contributed by atoms with Crippen LogP contribution in [0.15, 0.2) is 60.7 Å². The molecule has 194 valence electrons. The topological polar surface area (TPSA) is 69.7 Å². The Kier molecular flexibility index (Phi) is 8.27. The Balaban J connectivity index is 1.49. The number of nitrogens with zero attached hydrogens (tertiary/aromatic N) is 2. The van der Waals surface area contributed by atoms with E-state index >= 15 is 0 Å². The van der Waals surface area contributed by atoms with E-state index in [4.69, 9.17) is 0 Å². The van der Waals surface area contributed by atoms with E-state index in [9.17, 15) is 14.4 Å². The predicted molar refractivity (Wildman–Crippen MR) is 149 cm³/mol. The number of benzene rings is 3. The summed E-state index contributed by atoms with van der Waals surface area (Å²) in [7, 11) is 0. The molecule has 1 N–H and O–H groups in total. The molecule has 0 saturated heterocycles. The summed E-state index contributed by atoms with van der Waals surface area (Å²) in [6.07, 6.45) is 1.31. The van der Waals surface area contributed by atoms with Gasteiger partial charge in [0.05, 0.1) is 5.69 Å². The Labute approximate surface area is 219 Å². The zero-order valence-electron chi connectivity index (χ0n) is 22.3. The number of nitrogens with one attached hydrogen (secondary N) is 1. The Morgan fingerprint density at radius 2 is 1.73 bits per heavy atom. The molecule has 0 aliphatic carbocycles. The van der Waals surface area contributed by atoms with Crippen LogP contribution in [0.25, 0.3) is 10.8 Å². The van der Waals surface area contributed by atoms with Crippen molar-refractivity contribution in [2.75, 3.05) is 18.0 Å². The molecule has 1 atom stereocenters. The lowest BCUT2D eigenvalue weighted by molar-refractivity contribution is -0.141. The summed E-state index contributed by atoms with van der Waals surface area (Å²) in [5.41, 5.74) is 3.74. The van der Waals surface area contributed by atoms with Crippen LogP contribution in [0.3, 0.4) is 0 Å². The summed E-state index contributed by atoms with van der Waals surface area (Å²) in [6, 6.07) is 19.2. The molecule has 0 unspecified atom stereocenters. The maximum atomic E-state index is 13.6. The Hall–Kier alpha value is -3.67. The lowest BCUT2D eigenvalue weighted by Crippen LogP contribution is -2.49. The Morgan fingerprint density at radius 3 is 2.43 bits per heavy atom. The molecule has 3 aromatic carbocycles. The van der Waals surface area contributed by atoms with E-state index in [0.717, 1.165) is 27.6 Å². The van der Waals surface area contributed by atoms with Crippen LogP contribution in [0, 0.1) is 12.8 Å². The highest BCUT2D eigenvalue weighted by molar-refractivity contribution is 6.25. The molecule has 0 aromatic heterocycles. The summed E-state index contributed by atoms with van der Waals surface area (Å²) in [6.45, 7) is 9.48. The third kappa shape index (κ3) is 5.68. The molecule has 6 nitrogen and oxygen atoms in total. The Morgan fingerprint density at radius 1 is 1.00 bits per heavy atom. The molecular weight excluding hydrogens is 462 g/mol. The largest absolute Gasteiger partial charge is 0.354 e. The number of hydrogen-bond acceptors (Lipinski definition) is 3. The number of carbonyl (C=O) groups is 3. The van der Waals surface area contributed by atoms with Crippen LogP contribution >= 0.6 is 0 Å². The summed E-state index contributed by atoms with van der Waals surface area (Å²) >= 11 is 0. The van der Waals surface area contributed by atoms with Gasteiger partial charge in [0.2, 0.25) is 11.8 Å². The Bertz CT molecular complexity index is 1290. The third-order valence-corrected chi connectivity index (χ3v) is 7.09. The van der Waals surface area contributed by atoms with Crippen molar-refractivity contribution in [1.82, 2.24) is 10.2 Å². The molecule has 0 radical (unpaired) electrons. The standard InChI is InChI=1S/C31H37N3O3/c1-5-26(30(36)32-19-21(2)3)34(20-24-12-7-6-11-22(24)4)28(35)17-10-18-33-27-16-9-14-23-13-8-15-25(29(23)27)31(33)37/h6-9,11-16,21,26H,5,10,17-20H2,1-4H3,(H,32,36)/t26-/m0/s1. The van der Waals surface area contributed by atoms with Gasteiger partial charge in [-0.05, 0) is 54.3 Å². The number of carbonyl (C=O) groups excluding carboxylic acids is 3. The van der Waals surface area contributed by atoms with E-state index in [-0.39, 0.29) is 24.1 Å². The van der Waals surface area contributed by atoms with Gasteiger partial charge in [0.1, 0.15) is 6.04 Å². The van der Waals surface area contributed by atoms with Gasteiger partial charge in [-0.25, -0.2) is 0 Å². The lowest BCUT2D eigenvalue weighted by atomic mass is 10.0. The van der Waals surface area contributed by atoms with Crippen LogP contribution in [0.5, 0.6) is 0 Å². The van der Waals surface area contributed by atoms with E-state index in [1.54, 1.807) is 9.80 Å². The predicted octanol–water partition coefficient (Wildman–Crippen LogP) is 5.47. The fourth-order valence-electron chi connectivity index (χ4n) is 5.05. The fraction of sp³-hybridized carbons (Fsp3) is 0.387. The minimum absolute atomic E-state index is 0.0180. The average molecular weight is 500 g/mol. The highest BCUT2D eigenvalue weighted by Crippen LogP contribution is 2.37. The van der Waals surface area contributed by atoms with E-state index in [0.29, 0.717) is 44.0 Å². The van der Waals surface area contributed by atoms with Crippen LogP contribution in [0.2, 0.25) is 0 Å². The van der Waals surface area contributed by atoms with E-state index in [2.05, 4.69) is 19.2 Å². The molecule has 6 heteroatoms. The molecule has 3 amide bonds. The van der Waals surface area contributed by atoms with Gasteiger partial charge in [-0.1, -0.05) is 69.3 Å². The first-order valence-corrected chi connectivity index (χ1v) is 13.3. The van der Waals surface area contributed by atoms with Crippen LogP contribution in [0.1, 0.15) is 61.5 Å². The molecule has 1 aliphatic rings. The van der Waals surface area contributed by atoms with Crippen molar-refractivity contribution in [3.05, 3.63) is 77.4 Å². The maximum Gasteiger partial charge on any atom is 0.258 e. The van der Waals surface area contributed by atoms with Gasteiger partial charge in [-0.15, -0.1) is 0 Å². The molecule has 4 rings (SSSR count). The highest BCUT2D eigenvalue weighted by atomic mass is 16.2. The zero-order chi connectivity index (χ0) is 26.5. The summed E-state index contributed by atoms with van der Waals surface area (Å²) in [5.74, 6) is 0.121. The van der Waals surface area contributed by atoms with Gasteiger partial charge < -0.3 is 15.1 Å². The number of anilines is 1. The number of hydrogen-bond donors (Lipinski definition) is 1. The molecule has 3 aromatic rings. The monoisotopic (exact) mass is 499 g/mol. The minimum Gasteiger partial charge on any atom is -0.354 e. The van der Waals surface area contributed by atoms with Gasteiger partial charge in [0, 0.05) is 37.0 Å². The van der Waals surface area contributed by atoms with E-state index < -0.39 is 6.04 Å². The van der Waals surface area contributed by atoms with Gasteiger partial charge in [0.25, 0.3) is 5.91 Å². The van der Waals surface area contributed by atoms with Gasteiger partial charge in [-0.3, -0.25) is 14.4 Å². The smallest absolute Gasteiger partial charge is 0.258 e. The van der Waals surface area contributed by atoms with Crippen molar-refractivity contribution in [3.8, 4) is 0 Å². The highest BCUT2D eigenvalue weighted by Gasteiger charge is 2.31. The summed E-state index contributed by atoms with van der Waals surface area (Å²) in [5, 5.41) is 5.04. The van der Waals surface area contributed by atoms with Crippen molar-refractivity contribution in [3.63, 3.8) is 0 Å². The molecular formula is C31H37N3O3. The summed E-state index contributed by atoms with van der Waals surface area (Å²) in [4.78, 5) is 43.3. The first-order chi connectivity index (χ1) is 17.8. The quantitative estimate of drug-likeness (QED) is 0.380. The van der Waals surface area contributed by atoms with E-state index in [1.807, 2.05) is 74.5 Å². The second-order valence-corrected chi connectivity index (χ2v) is 10.3. The third-order valence-electron chi connectivity index (χ3n) is 7.09. The van der Waals surface area contributed by atoms with Gasteiger partial charge in [0.15, 0.2) is 0 Å². The van der Waals surface area contributed by atoms with Crippen LogP contribution in [0.4, 0.5) is 5.69 Å². The first kappa shape index (κ1) is 26.4. The SMILES string of the molecule is CC[C@@H](C(=O)NCC(C)C)N(Cc1ccccc1C)C(=O)CCCN1C(=O)c2cccc3cccc1c23. The molecule has 0 spiro atoms. The molecule has 1 aliphatic heterocycles. The molecule has 37 heavy (non-hydrogen) atoms. The normalized spacial score (nSPS) is 13.3. The van der Waals surface area contributed by atoms with Crippen molar-refractivity contribution < 1.29 is 14.4 Å². The number of amides is 3. The first-order valence-electron chi connectivity index (χ1n) is 13.3. The summed E-state index contributed by atoms with van der Waals surface area (Å²) < 4.78 is 0. The molecule has 1 heterocycles. The number of aryl methyl sites for hydroxylation is 1. The molecule has 0 fully saturated rings. The second kappa shape index (κ2) is 11.6. The lowest BCUT2D eigenvalue weighted by Gasteiger charge is -2.31. The minimum atomic E-state index is -0.544. The van der Waals surface area contributed by atoms with Crippen molar-refractivity contribution in [1.29, 1.82) is 0 Å². The average Bonchev–Trinajstić information content (AvgIpc) is 3.16. The van der Waals surface area contributed by atoms with Crippen LogP contribution in [-0.2, 0) is 16.1 Å². The second-order valence-electron chi connectivity index (χ2n) is 10.3. The molecule has 0 saturated carbocycles. The maximum absolute atomic E-state index is 13.6. The fourth-order valence-corrected chi connectivity index (χ4v) is 5.05. The van der Waals surface area contributed by atoms with Crippen LogP contribution < -0.4 is 10.2 Å².